The minimum atomic E-state index is -4.59. The lowest BCUT2D eigenvalue weighted by Crippen LogP contribution is -2.30. The van der Waals surface area contributed by atoms with Crippen molar-refractivity contribution >= 4 is 17.7 Å². The Hall–Kier alpha value is -1.24. The fourth-order valence-corrected chi connectivity index (χ4v) is 3.24. The molecule has 0 bridgehead atoms. The standard InChI is InChI=1S/C13H13F4NOS/c14-11-2-1-9(13(15,16)17)5-10(11)12(19)18-6-8-3-4-20-7-8/h1-2,5,8H,3-4,6-7H2,(H,18,19). The number of carbonyl (C=O) groups excluding carboxylic acids is 1. The number of carbonyl (C=O) groups is 1. The average Bonchev–Trinajstić information content (AvgIpc) is 2.88. The van der Waals surface area contributed by atoms with Gasteiger partial charge in [-0.3, -0.25) is 4.79 Å². The zero-order chi connectivity index (χ0) is 14.8. The summed E-state index contributed by atoms with van der Waals surface area (Å²) in [5, 5.41) is 2.50. The van der Waals surface area contributed by atoms with E-state index in [0.29, 0.717) is 30.7 Å². The Labute approximate surface area is 117 Å². The number of nitrogens with one attached hydrogen (secondary N) is 1. The number of hydrogen-bond acceptors (Lipinski definition) is 2. The van der Waals surface area contributed by atoms with Gasteiger partial charge in [-0.1, -0.05) is 0 Å². The molecule has 1 amide bonds. The molecular formula is C13H13F4NOS. The summed E-state index contributed by atoms with van der Waals surface area (Å²) in [5.74, 6) is 0.476. The number of halogens is 4. The lowest BCUT2D eigenvalue weighted by molar-refractivity contribution is -0.137. The molecule has 1 aliphatic rings. The lowest BCUT2D eigenvalue weighted by Gasteiger charge is -2.12. The highest BCUT2D eigenvalue weighted by atomic mass is 32.2. The summed E-state index contributed by atoms with van der Waals surface area (Å²) in [6.07, 6.45) is -3.64. The van der Waals surface area contributed by atoms with Crippen molar-refractivity contribution in [2.75, 3.05) is 18.1 Å². The second kappa shape index (κ2) is 6.03. The Morgan fingerprint density at radius 3 is 2.75 bits per heavy atom. The summed E-state index contributed by atoms with van der Waals surface area (Å²) >= 11 is 1.76. The molecule has 0 radical (unpaired) electrons. The normalized spacial score (nSPS) is 19.1. The summed E-state index contributed by atoms with van der Waals surface area (Å²) < 4.78 is 51.1. The largest absolute Gasteiger partial charge is 0.416 e. The average molecular weight is 307 g/mol. The predicted molar refractivity (Wildman–Crippen MR) is 69.2 cm³/mol. The van der Waals surface area contributed by atoms with E-state index in [2.05, 4.69) is 5.32 Å². The molecule has 1 aromatic carbocycles. The van der Waals surface area contributed by atoms with Crippen molar-refractivity contribution in [3.8, 4) is 0 Å². The number of amides is 1. The summed E-state index contributed by atoms with van der Waals surface area (Å²) in [6, 6.07) is 1.84. The van der Waals surface area contributed by atoms with Crippen molar-refractivity contribution < 1.29 is 22.4 Å². The summed E-state index contributed by atoms with van der Waals surface area (Å²) in [5.41, 5.74) is -1.59. The van der Waals surface area contributed by atoms with E-state index in [1.807, 2.05) is 0 Å². The number of benzene rings is 1. The van der Waals surface area contributed by atoms with Gasteiger partial charge >= 0.3 is 6.18 Å². The third-order valence-corrected chi connectivity index (χ3v) is 4.35. The van der Waals surface area contributed by atoms with Crippen LogP contribution in [-0.4, -0.2) is 24.0 Å². The molecule has 1 atom stereocenters. The molecule has 7 heteroatoms. The minimum absolute atomic E-state index is 0.304. The topological polar surface area (TPSA) is 29.1 Å². The SMILES string of the molecule is O=C(NCC1CCSC1)c1cc(C(F)(F)F)ccc1F. The van der Waals surface area contributed by atoms with Gasteiger partial charge in [-0.05, 0) is 42.0 Å². The van der Waals surface area contributed by atoms with Crippen molar-refractivity contribution in [1.82, 2.24) is 5.32 Å². The molecule has 1 N–H and O–H groups in total. The third kappa shape index (κ3) is 3.65. The van der Waals surface area contributed by atoms with Crippen molar-refractivity contribution in [3.05, 3.63) is 35.1 Å². The van der Waals surface area contributed by atoms with E-state index in [4.69, 9.17) is 0 Å². The van der Waals surface area contributed by atoms with Gasteiger partial charge in [-0.25, -0.2) is 4.39 Å². The molecule has 1 aliphatic heterocycles. The van der Waals surface area contributed by atoms with Gasteiger partial charge in [0.15, 0.2) is 0 Å². The molecule has 2 rings (SSSR count). The van der Waals surface area contributed by atoms with E-state index in [9.17, 15) is 22.4 Å². The van der Waals surface area contributed by atoms with E-state index in [-0.39, 0.29) is 0 Å². The second-order valence-corrected chi connectivity index (χ2v) is 5.78. The van der Waals surface area contributed by atoms with Crippen LogP contribution in [0.3, 0.4) is 0 Å². The van der Waals surface area contributed by atoms with Crippen LogP contribution in [-0.2, 0) is 6.18 Å². The number of thioether (sulfide) groups is 1. The highest BCUT2D eigenvalue weighted by molar-refractivity contribution is 7.99. The molecule has 1 saturated heterocycles. The maximum absolute atomic E-state index is 13.5. The minimum Gasteiger partial charge on any atom is -0.352 e. The zero-order valence-electron chi connectivity index (χ0n) is 10.5. The van der Waals surface area contributed by atoms with E-state index in [1.54, 1.807) is 11.8 Å². The summed E-state index contributed by atoms with van der Waals surface area (Å²) in [7, 11) is 0. The fraction of sp³-hybridized carbons (Fsp3) is 0.462. The van der Waals surface area contributed by atoms with E-state index in [0.717, 1.165) is 17.9 Å². The Kier molecular flexibility index (Phi) is 4.57. The van der Waals surface area contributed by atoms with E-state index in [1.165, 1.54) is 0 Å². The first kappa shape index (κ1) is 15.2. The molecule has 110 valence electrons. The molecule has 0 aliphatic carbocycles. The molecule has 0 saturated carbocycles. The van der Waals surface area contributed by atoms with Crippen molar-refractivity contribution in [2.24, 2.45) is 5.92 Å². The maximum Gasteiger partial charge on any atom is 0.416 e. The number of hydrogen-bond donors (Lipinski definition) is 1. The van der Waals surface area contributed by atoms with Crippen LogP contribution in [0.4, 0.5) is 17.6 Å². The molecule has 0 aromatic heterocycles. The maximum atomic E-state index is 13.5. The van der Waals surface area contributed by atoms with E-state index < -0.39 is 29.0 Å². The van der Waals surface area contributed by atoms with Crippen LogP contribution in [0.25, 0.3) is 0 Å². The Morgan fingerprint density at radius 2 is 2.15 bits per heavy atom. The molecule has 0 spiro atoms. The number of alkyl halides is 3. The van der Waals surface area contributed by atoms with E-state index >= 15 is 0 Å². The van der Waals surface area contributed by atoms with Gasteiger partial charge in [-0.15, -0.1) is 0 Å². The van der Waals surface area contributed by atoms with Gasteiger partial charge in [0.1, 0.15) is 5.82 Å². The van der Waals surface area contributed by atoms with Crippen LogP contribution in [0.15, 0.2) is 18.2 Å². The second-order valence-electron chi connectivity index (χ2n) is 4.63. The first-order valence-electron chi connectivity index (χ1n) is 6.10. The Balaban J connectivity index is 2.08. The lowest BCUT2D eigenvalue weighted by atomic mass is 10.1. The van der Waals surface area contributed by atoms with Crippen LogP contribution in [0, 0.1) is 11.7 Å². The highest BCUT2D eigenvalue weighted by Gasteiger charge is 2.32. The molecule has 1 fully saturated rings. The molecule has 20 heavy (non-hydrogen) atoms. The predicted octanol–water partition coefficient (Wildman–Crippen LogP) is 3.33. The highest BCUT2D eigenvalue weighted by Crippen LogP contribution is 2.30. The molecular weight excluding hydrogens is 294 g/mol. The van der Waals surface area contributed by atoms with Gasteiger partial charge in [-0.2, -0.15) is 24.9 Å². The smallest absolute Gasteiger partial charge is 0.352 e. The van der Waals surface area contributed by atoms with Gasteiger partial charge in [0.2, 0.25) is 0 Å². The van der Waals surface area contributed by atoms with Gasteiger partial charge < -0.3 is 5.32 Å². The van der Waals surface area contributed by atoms with Gasteiger partial charge in [0.25, 0.3) is 5.91 Å². The quantitative estimate of drug-likeness (QED) is 0.868. The van der Waals surface area contributed by atoms with Crippen LogP contribution in [0.2, 0.25) is 0 Å². The monoisotopic (exact) mass is 307 g/mol. The van der Waals surface area contributed by atoms with Crippen LogP contribution in [0.1, 0.15) is 22.3 Å². The fourth-order valence-electron chi connectivity index (χ4n) is 1.95. The first-order chi connectivity index (χ1) is 9.38. The van der Waals surface area contributed by atoms with Gasteiger partial charge in [0, 0.05) is 6.54 Å². The summed E-state index contributed by atoms with van der Waals surface area (Å²) in [6.45, 7) is 0.363. The molecule has 1 aromatic rings. The van der Waals surface area contributed by atoms with Crippen molar-refractivity contribution in [3.63, 3.8) is 0 Å². The third-order valence-electron chi connectivity index (χ3n) is 3.11. The Morgan fingerprint density at radius 1 is 1.40 bits per heavy atom. The van der Waals surface area contributed by atoms with Crippen LogP contribution >= 0.6 is 11.8 Å². The number of rotatable bonds is 3. The van der Waals surface area contributed by atoms with Crippen LogP contribution in [0.5, 0.6) is 0 Å². The van der Waals surface area contributed by atoms with Crippen molar-refractivity contribution in [2.45, 2.75) is 12.6 Å². The zero-order valence-corrected chi connectivity index (χ0v) is 11.3. The molecule has 1 unspecified atom stereocenters. The molecule has 2 nitrogen and oxygen atoms in total. The summed E-state index contributed by atoms with van der Waals surface area (Å²) in [4.78, 5) is 11.8. The van der Waals surface area contributed by atoms with Crippen molar-refractivity contribution in [1.29, 1.82) is 0 Å². The van der Waals surface area contributed by atoms with Gasteiger partial charge in [0.05, 0.1) is 11.1 Å². The first-order valence-corrected chi connectivity index (χ1v) is 7.26. The molecule has 1 heterocycles. The van der Waals surface area contributed by atoms with Crippen LogP contribution < -0.4 is 5.32 Å². The Bertz CT molecular complexity index is 498.